The second-order valence-corrected chi connectivity index (χ2v) is 5.42. The number of aromatic nitrogens is 3. The van der Waals surface area contributed by atoms with Crippen LogP contribution in [-0.2, 0) is 0 Å². The molecule has 2 aromatic rings. The number of nitrogens with one attached hydrogen (secondary N) is 1. The number of aromatic hydroxyl groups is 2. The molecule has 0 unspecified atom stereocenters. The van der Waals surface area contributed by atoms with Gasteiger partial charge < -0.3 is 15.2 Å². The highest BCUT2D eigenvalue weighted by Crippen LogP contribution is 2.23. The minimum atomic E-state index is -0.232. The van der Waals surface area contributed by atoms with Crippen molar-refractivity contribution < 1.29 is 10.2 Å². The van der Waals surface area contributed by atoms with Crippen LogP contribution in [0.5, 0.6) is 11.5 Å². The number of benzene rings is 2. The lowest BCUT2D eigenvalue weighted by Crippen LogP contribution is -2.13. The first-order chi connectivity index (χ1) is 11.6. The Bertz CT molecular complexity index is 1030. The van der Waals surface area contributed by atoms with E-state index in [9.17, 15) is 15.0 Å². The number of imidazole rings is 1. The van der Waals surface area contributed by atoms with Crippen molar-refractivity contribution in [2.45, 2.75) is 0 Å². The third kappa shape index (κ3) is 2.30. The Morgan fingerprint density at radius 3 is 2.08 bits per heavy atom. The van der Waals surface area contributed by atoms with Crippen LogP contribution in [0.3, 0.4) is 0 Å². The van der Waals surface area contributed by atoms with Crippen LogP contribution >= 0.6 is 0 Å². The van der Waals surface area contributed by atoms with Crippen molar-refractivity contribution in [3.05, 3.63) is 71.3 Å². The maximum Gasteiger partial charge on any atom is 0.282 e. The smallest absolute Gasteiger partial charge is 0.282 e. The van der Waals surface area contributed by atoms with Crippen molar-refractivity contribution in [3.63, 3.8) is 0 Å². The molecule has 118 valence electrons. The number of phenolic OH excluding ortho intramolecular Hbond substituents is 2. The third-order valence-electron chi connectivity index (χ3n) is 3.83. The molecule has 0 spiro atoms. The Morgan fingerprint density at radius 2 is 1.46 bits per heavy atom. The molecule has 0 aliphatic carbocycles. The first-order valence-electron chi connectivity index (χ1n) is 7.31. The highest BCUT2D eigenvalue weighted by molar-refractivity contribution is 5.64. The number of aromatic amines is 1. The summed E-state index contributed by atoms with van der Waals surface area (Å²) in [6.45, 7) is 0. The second-order valence-electron chi connectivity index (χ2n) is 5.42. The maximum atomic E-state index is 12.6. The van der Waals surface area contributed by atoms with Crippen LogP contribution < -0.4 is 5.56 Å². The summed E-state index contributed by atoms with van der Waals surface area (Å²) >= 11 is 0. The lowest BCUT2D eigenvalue weighted by Gasteiger charge is -2.06. The number of hydrogen-bond donors (Lipinski definition) is 3. The van der Waals surface area contributed by atoms with Gasteiger partial charge in [-0.2, -0.15) is 0 Å². The molecule has 0 atom stereocenters. The number of rotatable bonds is 2. The zero-order valence-electron chi connectivity index (χ0n) is 12.5. The van der Waals surface area contributed by atoms with E-state index >= 15 is 0 Å². The molecule has 24 heavy (non-hydrogen) atoms. The van der Waals surface area contributed by atoms with Crippen LogP contribution in [0.15, 0.2) is 65.7 Å². The van der Waals surface area contributed by atoms with E-state index in [1.807, 2.05) is 0 Å². The lowest BCUT2D eigenvalue weighted by atomic mass is 10.1. The molecule has 6 nitrogen and oxygen atoms in total. The van der Waals surface area contributed by atoms with Crippen LogP contribution in [0.1, 0.15) is 0 Å². The number of fused-ring (bicyclic) bond motifs is 1. The van der Waals surface area contributed by atoms with Gasteiger partial charge in [-0.05, 0) is 54.1 Å². The lowest BCUT2D eigenvalue weighted by molar-refractivity contribution is 0.475. The van der Waals surface area contributed by atoms with Crippen molar-refractivity contribution in [1.82, 2.24) is 14.5 Å². The SMILES string of the molecule is O=c1c(-c2ccc(O)cc2)nc2c[nH]c(-c3ccc(O)cc3)cn1-2. The molecule has 0 aromatic heterocycles. The number of H-pyrrole nitrogens is 1. The zero-order valence-corrected chi connectivity index (χ0v) is 12.5. The summed E-state index contributed by atoms with van der Waals surface area (Å²) in [4.78, 5) is 20.1. The van der Waals surface area contributed by atoms with Crippen LogP contribution in [-0.4, -0.2) is 24.7 Å². The van der Waals surface area contributed by atoms with Crippen LogP contribution in [0.4, 0.5) is 0 Å². The number of nitrogens with zero attached hydrogens (tertiary/aromatic N) is 2. The molecule has 2 aromatic carbocycles. The normalized spacial score (nSPS) is 11.0. The van der Waals surface area contributed by atoms with Gasteiger partial charge in [-0.15, -0.1) is 0 Å². The van der Waals surface area contributed by atoms with Gasteiger partial charge in [0.25, 0.3) is 5.56 Å². The Hall–Kier alpha value is -3.54. The van der Waals surface area contributed by atoms with Crippen LogP contribution in [0, 0.1) is 0 Å². The van der Waals surface area contributed by atoms with Gasteiger partial charge in [0.15, 0.2) is 5.82 Å². The van der Waals surface area contributed by atoms with Gasteiger partial charge in [0.05, 0.1) is 5.69 Å². The standard InChI is InChI=1S/C18H13N3O3/c22-13-5-1-11(2-6-13)15-10-21-16(9-19-15)20-17(18(21)24)12-3-7-14(23)8-4-12/h1-10,19,22-23H. The van der Waals surface area contributed by atoms with Crippen molar-refractivity contribution in [1.29, 1.82) is 0 Å². The average Bonchev–Trinajstić information content (AvgIpc) is 2.93. The summed E-state index contributed by atoms with van der Waals surface area (Å²) in [7, 11) is 0. The van der Waals surface area contributed by atoms with E-state index < -0.39 is 0 Å². The van der Waals surface area contributed by atoms with Crippen molar-refractivity contribution >= 4 is 0 Å². The monoisotopic (exact) mass is 319 g/mol. The molecular weight excluding hydrogens is 306 g/mol. The highest BCUT2D eigenvalue weighted by Gasteiger charge is 2.16. The minimum absolute atomic E-state index is 0.137. The summed E-state index contributed by atoms with van der Waals surface area (Å²) in [5.74, 6) is 0.824. The Balaban J connectivity index is 1.85. The molecule has 0 saturated heterocycles. The molecule has 0 fully saturated rings. The summed E-state index contributed by atoms with van der Waals surface area (Å²) in [6, 6.07) is 13.0. The molecule has 4 rings (SSSR count). The molecule has 2 aliphatic heterocycles. The average molecular weight is 319 g/mol. The van der Waals surface area contributed by atoms with Crippen LogP contribution in [0.25, 0.3) is 28.3 Å². The molecule has 0 radical (unpaired) electrons. The van der Waals surface area contributed by atoms with E-state index in [4.69, 9.17) is 0 Å². The highest BCUT2D eigenvalue weighted by atomic mass is 16.3. The van der Waals surface area contributed by atoms with Gasteiger partial charge in [0, 0.05) is 18.0 Å². The van der Waals surface area contributed by atoms with Crippen LogP contribution in [0.2, 0.25) is 0 Å². The predicted molar refractivity (Wildman–Crippen MR) is 89.6 cm³/mol. The molecule has 2 heterocycles. The number of phenols is 2. The van der Waals surface area contributed by atoms with Gasteiger partial charge in [-0.1, -0.05) is 0 Å². The van der Waals surface area contributed by atoms with E-state index in [2.05, 4.69) is 9.97 Å². The van der Waals surface area contributed by atoms with Crippen molar-refractivity contribution in [2.24, 2.45) is 0 Å². The summed E-state index contributed by atoms with van der Waals surface area (Å²) in [6.07, 6.45) is 3.34. The first-order valence-corrected chi connectivity index (χ1v) is 7.31. The fourth-order valence-corrected chi connectivity index (χ4v) is 2.58. The zero-order chi connectivity index (χ0) is 16.7. The third-order valence-corrected chi connectivity index (χ3v) is 3.83. The fraction of sp³-hybridized carbons (Fsp3) is 0. The van der Waals surface area contributed by atoms with Gasteiger partial charge in [-0.3, -0.25) is 9.36 Å². The number of hydrogen-bond acceptors (Lipinski definition) is 4. The van der Waals surface area contributed by atoms with Gasteiger partial charge in [0.2, 0.25) is 0 Å². The molecule has 2 aliphatic rings. The quantitative estimate of drug-likeness (QED) is 0.530. The Labute approximate surface area is 136 Å². The second kappa shape index (κ2) is 5.27. The summed E-state index contributed by atoms with van der Waals surface area (Å²) in [5, 5.41) is 18.7. The first kappa shape index (κ1) is 14.1. The van der Waals surface area contributed by atoms with Gasteiger partial charge in [-0.25, -0.2) is 4.98 Å². The Kier molecular flexibility index (Phi) is 3.09. The van der Waals surface area contributed by atoms with E-state index in [0.717, 1.165) is 11.3 Å². The molecular formula is C18H13N3O3. The van der Waals surface area contributed by atoms with Crippen molar-refractivity contribution in [3.8, 4) is 39.8 Å². The van der Waals surface area contributed by atoms with E-state index in [1.54, 1.807) is 48.8 Å². The van der Waals surface area contributed by atoms with Gasteiger partial charge in [0.1, 0.15) is 17.2 Å². The van der Waals surface area contributed by atoms with E-state index in [-0.39, 0.29) is 17.1 Å². The topological polar surface area (TPSA) is 91.1 Å². The fourth-order valence-electron chi connectivity index (χ4n) is 2.58. The summed E-state index contributed by atoms with van der Waals surface area (Å²) < 4.78 is 1.47. The van der Waals surface area contributed by atoms with Gasteiger partial charge >= 0.3 is 0 Å². The minimum Gasteiger partial charge on any atom is -0.508 e. The molecule has 3 N–H and O–H groups in total. The van der Waals surface area contributed by atoms with E-state index in [1.165, 1.54) is 16.7 Å². The molecule has 6 heteroatoms. The maximum absolute atomic E-state index is 12.6. The molecule has 0 amide bonds. The van der Waals surface area contributed by atoms with E-state index in [0.29, 0.717) is 17.1 Å². The molecule has 0 bridgehead atoms. The Morgan fingerprint density at radius 1 is 0.875 bits per heavy atom. The van der Waals surface area contributed by atoms with Crippen molar-refractivity contribution in [2.75, 3.05) is 0 Å². The largest absolute Gasteiger partial charge is 0.508 e. The predicted octanol–water partition coefficient (Wildman–Crippen LogP) is 2.74. The summed E-state index contributed by atoms with van der Waals surface area (Å²) in [5.41, 5.74) is 2.31. The molecule has 0 saturated carbocycles.